The largest absolute Gasteiger partial charge is 0.491 e. The molecule has 3 rings (SSSR count). The van der Waals surface area contributed by atoms with E-state index in [1.54, 1.807) is 0 Å². The van der Waals surface area contributed by atoms with Gasteiger partial charge in [0.25, 0.3) is 0 Å². The number of benzene rings is 1. The van der Waals surface area contributed by atoms with E-state index in [-0.39, 0.29) is 6.61 Å². The van der Waals surface area contributed by atoms with Gasteiger partial charge in [-0.25, -0.2) is 0 Å². The fourth-order valence-electron chi connectivity index (χ4n) is 3.69. The Kier molecular flexibility index (Phi) is 9.00. The molecule has 0 amide bonds. The van der Waals surface area contributed by atoms with Gasteiger partial charge in [-0.05, 0) is 50.0 Å². The van der Waals surface area contributed by atoms with Gasteiger partial charge in [0.05, 0.1) is 12.2 Å². The minimum atomic E-state index is -0.511. The molecule has 7 heteroatoms. The molecule has 0 spiro atoms. The van der Waals surface area contributed by atoms with Gasteiger partial charge in [0.1, 0.15) is 18.5 Å². The molecule has 1 fully saturated rings. The molecule has 2 N–H and O–H groups in total. The molecule has 1 unspecified atom stereocenters. The normalized spacial score (nSPS) is 16.6. The predicted octanol–water partition coefficient (Wildman–Crippen LogP) is 4.36. The highest BCUT2D eigenvalue weighted by Crippen LogP contribution is 2.23. The average molecular weight is 436 g/mol. The minimum Gasteiger partial charge on any atom is -0.491 e. The molecule has 1 aliphatic rings. The van der Waals surface area contributed by atoms with Crippen LogP contribution in [0, 0.1) is 0 Å². The quantitative estimate of drug-likeness (QED) is 0.577. The Morgan fingerprint density at radius 1 is 1.17 bits per heavy atom. The van der Waals surface area contributed by atoms with Crippen molar-refractivity contribution in [1.29, 1.82) is 0 Å². The zero-order valence-electron chi connectivity index (χ0n) is 18.1. The van der Waals surface area contributed by atoms with Crippen LogP contribution in [-0.4, -0.2) is 47.5 Å². The average Bonchev–Trinajstić information content (AvgIpc) is 3.05. The summed E-state index contributed by atoms with van der Waals surface area (Å²) in [6.45, 7) is 8.38. The maximum atomic E-state index is 10.4. The zero-order chi connectivity index (χ0) is 21.3. The number of aliphatic hydroxyl groups is 1. The van der Waals surface area contributed by atoms with Crippen LogP contribution in [-0.2, 0) is 13.1 Å². The lowest BCUT2D eigenvalue weighted by Crippen LogP contribution is -2.36. The number of hydrogen-bond acceptors (Lipinski definition) is 6. The van der Waals surface area contributed by atoms with E-state index in [1.165, 1.54) is 25.7 Å². The van der Waals surface area contributed by atoms with Gasteiger partial charge in [-0.3, -0.25) is 0 Å². The van der Waals surface area contributed by atoms with Gasteiger partial charge in [-0.2, -0.15) is 0 Å². The van der Waals surface area contributed by atoms with Gasteiger partial charge in [0.2, 0.25) is 0 Å². The second-order valence-electron chi connectivity index (χ2n) is 8.41. The number of nitrogens with one attached hydrogen (secondary N) is 1. The molecule has 1 aliphatic heterocycles. The molecular weight excluding hydrogens is 402 g/mol. The van der Waals surface area contributed by atoms with Crippen LogP contribution in [0.25, 0.3) is 0 Å². The van der Waals surface area contributed by atoms with Crippen LogP contribution in [0.1, 0.15) is 62.5 Å². The van der Waals surface area contributed by atoms with Gasteiger partial charge in [0.15, 0.2) is 5.76 Å². The number of aromatic nitrogens is 1. The molecule has 1 atom stereocenters. The Labute approximate surface area is 184 Å². The topological polar surface area (TPSA) is 70.8 Å². The third-order valence-corrected chi connectivity index (χ3v) is 5.64. The summed E-state index contributed by atoms with van der Waals surface area (Å²) in [5.41, 5.74) is 1.91. The van der Waals surface area contributed by atoms with Crippen LogP contribution in [0.5, 0.6) is 5.75 Å². The number of likely N-dealkylation sites (tertiary alicyclic amines) is 1. The van der Waals surface area contributed by atoms with E-state index < -0.39 is 6.10 Å². The van der Waals surface area contributed by atoms with Gasteiger partial charge < -0.3 is 24.6 Å². The van der Waals surface area contributed by atoms with Crippen molar-refractivity contribution in [1.82, 2.24) is 15.4 Å². The number of hydrogen-bond donors (Lipinski definition) is 2. The third kappa shape index (κ3) is 7.27. The van der Waals surface area contributed by atoms with Crippen molar-refractivity contribution in [3.8, 4) is 5.75 Å². The first kappa shape index (κ1) is 23.1. The van der Waals surface area contributed by atoms with Crippen molar-refractivity contribution in [2.45, 2.75) is 64.6 Å². The molecule has 6 nitrogen and oxygen atoms in total. The van der Waals surface area contributed by atoms with Crippen molar-refractivity contribution in [3.05, 3.63) is 46.3 Å². The second kappa shape index (κ2) is 11.7. The molecule has 166 valence electrons. The molecular formula is C23H34ClN3O3. The Balaban J connectivity index is 1.49. The molecule has 30 heavy (non-hydrogen) atoms. The van der Waals surface area contributed by atoms with Crippen LogP contribution in [0.3, 0.4) is 0 Å². The molecule has 0 bridgehead atoms. The minimum absolute atomic E-state index is 0.269. The first-order valence-electron chi connectivity index (χ1n) is 11.0. The number of aliphatic hydroxyl groups excluding tert-OH is 1. The fourth-order valence-corrected chi connectivity index (χ4v) is 3.88. The molecule has 0 aliphatic carbocycles. The zero-order valence-corrected chi connectivity index (χ0v) is 18.8. The van der Waals surface area contributed by atoms with E-state index in [0.717, 1.165) is 35.9 Å². The lowest BCUT2D eigenvalue weighted by molar-refractivity contribution is 0.0690. The first-order chi connectivity index (χ1) is 14.5. The predicted molar refractivity (Wildman–Crippen MR) is 119 cm³/mol. The van der Waals surface area contributed by atoms with E-state index in [2.05, 4.69) is 29.2 Å². The van der Waals surface area contributed by atoms with Gasteiger partial charge >= 0.3 is 0 Å². The molecule has 2 aromatic rings. The van der Waals surface area contributed by atoms with Gasteiger partial charge in [-0.15, -0.1) is 0 Å². The summed E-state index contributed by atoms with van der Waals surface area (Å²) in [7, 11) is 0. The molecule has 2 heterocycles. The van der Waals surface area contributed by atoms with E-state index in [0.29, 0.717) is 30.6 Å². The van der Waals surface area contributed by atoms with Crippen molar-refractivity contribution in [3.63, 3.8) is 0 Å². The standard InChI is InChI=1S/C23H34ClN3O3/c1-17(2)22-12-21(30-26-22)14-25-13-18-11-19(24)7-8-23(18)29-16-20(28)15-27-9-5-3-4-6-10-27/h7-8,11-12,17,20,25,28H,3-6,9-10,13-16H2,1-2H3. The van der Waals surface area contributed by atoms with Gasteiger partial charge in [-0.1, -0.05) is 43.4 Å². The van der Waals surface area contributed by atoms with Crippen LogP contribution >= 0.6 is 11.6 Å². The Morgan fingerprint density at radius 3 is 2.63 bits per heavy atom. The van der Waals surface area contributed by atoms with Crippen LogP contribution in [0.15, 0.2) is 28.8 Å². The maximum absolute atomic E-state index is 10.4. The Morgan fingerprint density at radius 2 is 1.93 bits per heavy atom. The lowest BCUT2D eigenvalue weighted by atomic mass is 10.1. The molecule has 0 saturated carbocycles. The van der Waals surface area contributed by atoms with E-state index >= 15 is 0 Å². The van der Waals surface area contributed by atoms with E-state index in [9.17, 15) is 5.11 Å². The van der Waals surface area contributed by atoms with Crippen molar-refractivity contribution >= 4 is 11.6 Å². The molecule has 1 saturated heterocycles. The van der Waals surface area contributed by atoms with E-state index in [1.807, 2.05) is 24.3 Å². The first-order valence-corrected chi connectivity index (χ1v) is 11.4. The summed E-state index contributed by atoms with van der Waals surface area (Å²) in [4.78, 5) is 2.34. The highest BCUT2D eigenvalue weighted by atomic mass is 35.5. The van der Waals surface area contributed by atoms with Crippen molar-refractivity contribution in [2.75, 3.05) is 26.2 Å². The summed E-state index contributed by atoms with van der Waals surface area (Å²) in [5.74, 6) is 1.88. The monoisotopic (exact) mass is 435 g/mol. The number of halogens is 1. The summed E-state index contributed by atoms with van der Waals surface area (Å²) in [6.07, 6.45) is 4.49. The Bertz CT molecular complexity index is 773. The lowest BCUT2D eigenvalue weighted by Gasteiger charge is -2.23. The number of ether oxygens (including phenoxy) is 1. The number of β-amino-alcohol motifs (C(OH)–C–C–N with tert-alkyl or cyclic N) is 1. The molecule has 1 aromatic heterocycles. The number of rotatable bonds is 10. The summed E-state index contributed by atoms with van der Waals surface area (Å²) >= 11 is 6.19. The SMILES string of the molecule is CC(C)c1cc(CNCc2cc(Cl)ccc2OCC(O)CN2CCCCCC2)on1. The smallest absolute Gasteiger partial charge is 0.150 e. The number of nitrogens with zero attached hydrogens (tertiary/aromatic N) is 2. The van der Waals surface area contributed by atoms with E-state index in [4.69, 9.17) is 20.9 Å². The third-order valence-electron chi connectivity index (χ3n) is 5.40. The highest BCUT2D eigenvalue weighted by molar-refractivity contribution is 6.30. The fraction of sp³-hybridized carbons (Fsp3) is 0.609. The van der Waals surface area contributed by atoms with Gasteiger partial charge in [0, 0.05) is 29.7 Å². The molecule has 0 radical (unpaired) electrons. The maximum Gasteiger partial charge on any atom is 0.150 e. The summed E-state index contributed by atoms with van der Waals surface area (Å²) in [5, 5.41) is 18.5. The van der Waals surface area contributed by atoms with Crippen LogP contribution in [0.4, 0.5) is 0 Å². The summed E-state index contributed by atoms with van der Waals surface area (Å²) in [6, 6.07) is 7.55. The Hall–Kier alpha value is -1.60. The van der Waals surface area contributed by atoms with Crippen molar-refractivity contribution < 1.29 is 14.4 Å². The summed E-state index contributed by atoms with van der Waals surface area (Å²) < 4.78 is 11.3. The van der Waals surface area contributed by atoms with Crippen molar-refractivity contribution in [2.24, 2.45) is 0 Å². The highest BCUT2D eigenvalue weighted by Gasteiger charge is 2.15. The molecule has 1 aromatic carbocycles. The van der Waals surface area contributed by atoms with Crippen LogP contribution in [0.2, 0.25) is 5.02 Å². The van der Waals surface area contributed by atoms with Crippen LogP contribution < -0.4 is 10.1 Å². The second-order valence-corrected chi connectivity index (χ2v) is 8.84.